The summed E-state index contributed by atoms with van der Waals surface area (Å²) in [5, 5.41) is 5.66. The standard InChI is InChI=1S/C24H30N2O6S/c1-5-13-32-23(28)16-9-11-18(12-10-16)25-24(33)26-22(27)17-14-19(29-6-2)21(31-8-4)20(15-17)30-7-3/h9-12,14-15H,5-8,13H2,1-4H3,(H2,25,26,27,33). The minimum atomic E-state index is -0.433. The fourth-order valence-corrected chi connectivity index (χ4v) is 3.04. The first-order valence-electron chi connectivity index (χ1n) is 10.9. The zero-order valence-electron chi connectivity index (χ0n) is 19.4. The SMILES string of the molecule is CCCOC(=O)c1ccc(NC(=S)NC(=O)c2cc(OCC)c(OCC)c(OCC)c2)cc1. The van der Waals surface area contributed by atoms with E-state index in [-0.39, 0.29) is 11.1 Å². The third-order valence-electron chi connectivity index (χ3n) is 4.21. The van der Waals surface area contributed by atoms with E-state index < -0.39 is 5.91 Å². The number of hydrogen-bond donors (Lipinski definition) is 2. The molecule has 178 valence electrons. The molecule has 0 aliphatic heterocycles. The van der Waals surface area contributed by atoms with Gasteiger partial charge < -0.3 is 24.3 Å². The van der Waals surface area contributed by atoms with E-state index in [1.165, 1.54) is 0 Å². The Bertz CT molecular complexity index is 935. The van der Waals surface area contributed by atoms with E-state index >= 15 is 0 Å². The van der Waals surface area contributed by atoms with Crippen LogP contribution < -0.4 is 24.8 Å². The van der Waals surface area contributed by atoms with Crippen LogP contribution in [0, 0.1) is 0 Å². The van der Waals surface area contributed by atoms with Crippen molar-refractivity contribution >= 4 is 34.9 Å². The molecule has 1 amide bonds. The van der Waals surface area contributed by atoms with Crippen molar-refractivity contribution in [1.29, 1.82) is 0 Å². The van der Waals surface area contributed by atoms with Gasteiger partial charge in [0.1, 0.15) is 0 Å². The molecule has 0 atom stereocenters. The summed E-state index contributed by atoms with van der Waals surface area (Å²) < 4.78 is 22.1. The van der Waals surface area contributed by atoms with Gasteiger partial charge in [0.05, 0.1) is 32.0 Å². The second kappa shape index (κ2) is 13.3. The van der Waals surface area contributed by atoms with Crippen LogP contribution in [0.1, 0.15) is 54.8 Å². The van der Waals surface area contributed by atoms with Crippen molar-refractivity contribution in [2.24, 2.45) is 0 Å². The van der Waals surface area contributed by atoms with Crippen LogP contribution >= 0.6 is 12.2 Å². The second-order valence-electron chi connectivity index (χ2n) is 6.72. The van der Waals surface area contributed by atoms with E-state index in [1.54, 1.807) is 36.4 Å². The van der Waals surface area contributed by atoms with Gasteiger partial charge in [0.2, 0.25) is 5.75 Å². The molecule has 0 aliphatic carbocycles. The monoisotopic (exact) mass is 474 g/mol. The average Bonchev–Trinajstić information content (AvgIpc) is 2.80. The molecule has 8 nitrogen and oxygen atoms in total. The first-order valence-corrected chi connectivity index (χ1v) is 11.3. The lowest BCUT2D eigenvalue weighted by atomic mass is 10.1. The van der Waals surface area contributed by atoms with E-state index in [2.05, 4.69) is 10.6 Å². The molecule has 0 saturated heterocycles. The van der Waals surface area contributed by atoms with Gasteiger partial charge in [-0.25, -0.2) is 4.79 Å². The zero-order chi connectivity index (χ0) is 24.2. The van der Waals surface area contributed by atoms with Crippen LogP contribution in [-0.2, 0) is 4.74 Å². The molecule has 0 spiro atoms. The summed E-state index contributed by atoms with van der Waals surface area (Å²) in [7, 11) is 0. The third-order valence-corrected chi connectivity index (χ3v) is 4.42. The van der Waals surface area contributed by atoms with Gasteiger partial charge in [-0.15, -0.1) is 0 Å². The van der Waals surface area contributed by atoms with Crippen molar-refractivity contribution in [1.82, 2.24) is 5.32 Å². The molecule has 0 bridgehead atoms. The number of anilines is 1. The minimum absolute atomic E-state index is 0.103. The van der Waals surface area contributed by atoms with Crippen LogP contribution in [0.3, 0.4) is 0 Å². The Morgan fingerprint density at radius 3 is 1.94 bits per heavy atom. The van der Waals surface area contributed by atoms with Gasteiger partial charge in [-0.1, -0.05) is 6.92 Å². The molecule has 33 heavy (non-hydrogen) atoms. The zero-order valence-corrected chi connectivity index (χ0v) is 20.2. The molecule has 0 radical (unpaired) electrons. The fourth-order valence-electron chi connectivity index (χ4n) is 2.83. The molecule has 0 fully saturated rings. The summed E-state index contributed by atoms with van der Waals surface area (Å²) in [4.78, 5) is 24.7. The summed E-state index contributed by atoms with van der Waals surface area (Å²) >= 11 is 5.27. The highest BCUT2D eigenvalue weighted by atomic mass is 32.1. The molecular weight excluding hydrogens is 444 g/mol. The van der Waals surface area contributed by atoms with E-state index in [9.17, 15) is 9.59 Å². The number of amides is 1. The number of rotatable bonds is 11. The number of carbonyl (C=O) groups excluding carboxylic acids is 2. The molecule has 0 heterocycles. The molecule has 0 saturated carbocycles. The molecule has 0 aromatic heterocycles. The lowest BCUT2D eigenvalue weighted by molar-refractivity contribution is 0.0505. The largest absolute Gasteiger partial charge is 0.490 e. The van der Waals surface area contributed by atoms with Gasteiger partial charge in [0.15, 0.2) is 16.6 Å². The minimum Gasteiger partial charge on any atom is -0.490 e. The van der Waals surface area contributed by atoms with Gasteiger partial charge >= 0.3 is 5.97 Å². The number of ether oxygens (including phenoxy) is 4. The molecule has 0 unspecified atom stereocenters. The summed E-state index contributed by atoms with van der Waals surface area (Å²) in [5.41, 5.74) is 1.36. The first-order chi connectivity index (χ1) is 15.9. The summed E-state index contributed by atoms with van der Waals surface area (Å²) in [6.07, 6.45) is 0.756. The van der Waals surface area contributed by atoms with Crippen molar-refractivity contribution in [3.63, 3.8) is 0 Å². The maximum Gasteiger partial charge on any atom is 0.338 e. The van der Waals surface area contributed by atoms with Gasteiger partial charge in [0.25, 0.3) is 5.91 Å². The van der Waals surface area contributed by atoms with E-state index in [1.807, 2.05) is 27.7 Å². The summed E-state index contributed by atoms with van der Waals surface area (Å²) in [6, 6.07) is 9.79. The number of nitrogens with one attached hydrogen (secondary N) is 2. The summed E-state index contributed by atoms with van der Waals surface area (Å²) in [6.45, 7) is 9.07. The number of esters is 1. The second-order valence-corrected chi connectivity index (χ2v) is 7.13. The van der Waals surface area contributed by atoms with Crippen molar-refractivity contribution < 1.29 is 28.5 Å². The van der Waals surface area contributed by atoms with Crippen LogP contribution in [-0.4, -0.2) is 43.4 Å². The predicted molar refractivity (Wildman–Crippen MR) is 131 cm³/mol. The maximum absolute atomic E-state index is 12.8. The van der Waals surface area contributed by atoms with Crippen LogP contribution in [0.2, 0.25) is 0 Å². The fraction of sp³-hybridized carbons (Fsp3) is 0.375. The smallest absolute Gasteiger partial charge is 0.338 e. The van der Waals surface area contributed by atoms with Gasteiger partial charge in [0, 0.05) is 11.3 Å². The predicted octanol–water partition coefficient (Wildman–Crippen LogP) is 4.58. The quantitative estimate of drug-likeness (QED) is 0.361. The van der Waals surface area contributed by atoms with E-state index in [0.29, 0.717) is 60.5 Å². The average molecular weight is 475 g/mol. The Labute approximate surface area is 199 Å². The Balaban J connectivity index is 2.10. The van der Waals surface area contributed by atoms with Crippen molar-refractivity contribution in [2.45, 2.75) is 34.1 Å². The Hall–Kier alpha value is -3.33. The molecule has 9 heteroatoms. The Morgan fingerprint density at radius 1 is 0.848 bits per heavy atom. The number of thiocarbonyl (C=S) groups is 1. The molecule has 0 aliphatic rings. The van der Waals surface area contributed by atoms with Crippen molar-refractivity contribution in [3.05, 3.63) is 47.5 Å². The lowest BCUT2D eigenvalue weighted by Crippen LogP contribution is -2.34. The van der Waals surface area contributed by atoms with Crippen LogP contribution in [0.4, 0.5) is 5.69 Å². The highest BCUT2D eigenvalue weighted by molar-refractivity contribution is 7.80. The molecule has 2 N–H and O–H groups in total. The van der Waals surface area contributed by atoms with E-state index in [0.717, 1.165) is 6.42 Å². The summed E-state index contributed by atoms with van der Waals surface area (Å²) in [5.74, 6) is 0.470. The highest BCUT2D eigenvalue weighted by Crippen LogP contribution is 2.39. The van der Waals surface area contributed by atoms with Crippen molar-refractivity contribution in [2.75, 3.05) is 31.7 Å². The number of carbonyl (C=O) groups is 2. The van der Waals surface area contributed by atoms with Gasteiger partial charge in [-0.2, -0.15) is 0 Å². The van der Waals surface area contributed by atoms with Crippen LogP contribution in [0.5, 0.6) is 17.2 Å². The lowest BCUT2D eigenvalue weighted by Gasteiger charge is -2.17. The van der Waals surface area contributed by atoms with Crippen LogP contribution in [0.25, 0.3) is 0 Å². The van der Waals surface area contributed by atoms with E-state index in [4.69, 9.17) is 31.2 Å². The topological polar surface area (TPSA) is 95.1 Å². The molecule has 2 rings (SSSR count). The number of hydrogen-bond acceptors (Lipinski definition) is 7. The van der Waals surface area contributed by atoms with Crippen molar-refractivity contribution in [3.8, 4) is 17.2 Å². The number of benzene rings is 2. The third kappa shape index (κ3) is 7.64. The Kier molecular flexibility index (Phi) is 10.4. The molecule has 2 aromatic rings. The van der Waals surface area contributed by atoms with Crippen LogP contribution in [0.15, 0.2) is 36.4 Å². The molecular formula is C24H30N2O6S. The van der Waals surface area contributed by atoms with Gasteiger partial charge in [-0.3, -0.25) is 10.1 Å². The highest BCUT2D eigenvalue weighted by Gasteiger charge is 2.19. The van der Waals surface area contributed by atoms with Gasteiger partial charge in [-0.05, 0) is 75.8 Å². The maximum atomic E-state index is 12.8. The Morgan fingerprint density at radius 2 is 1.42 bits per heavy atom. The first kappa shape index (κ1) is 25.9. The molecule has 2 aromatic carbocycles. The normalized spacial score (nSPS) is 10.2.